The van der Waals surface area contributed by atoms with Gasteiger partial charge in [-0.25, -0.2) is 0 Å². The minimum Gasteiger partial charge on any atom is -0.456 e. The minimum atomic E-state index is 0.852. The van der Waals surface area contributed by atoms with Crippen molar-refractivity contribution in [3.63, 3.8) is 0 Å². The van der Waals surface area contributed by atoms with Gasteiger partial charge >= 0.3 is 0 Å². The molecule has 0 aliphatic carbocycles. The summed E-state index contributed by atoms with van der Waals surface area (Å²) in [6.07, 6.45) is 0. The summed E-state index contributed by atoms with van der Waals surface area (Å²) < 4.78 is 12.9. The fourth-order valence-corrected chi connectivity index (χ4v) is 9.82. The molecule has 0 bridgehead atoms. The lowest BCUT2D eigenvalue weighted by atomic mass is 9.56. The Labute approximate surface area is 347 Å². The van der Waals surface area contributed by atoms with E-state index < -0.39 is 0 Å². The number of rotatable bonds is 4. The summed E-state index contributed by atoms with van der Waals surface area (Å²) in [5.74, 6) is 1.72. The van der Waals surface area contributed by atoms with Gasteiger partial charge in [-0.05, 0) is 86.3 Å². The molecular formula is C42H39B13O2. The molecule has 9 rings (SSSR count). The van der Waals surface area contributed by atoms with Crippen LogP contribution in [0.15, 0.2) is 87.7 Å². The Kier molecular flexibility index (Phi) is 8.92. The van der Waals surface area contributed by atoms with E-state index in [0.29, 0.717) is 0 Å². The third-order valence-corrected chi connectivity index (χ3v) is 14.3. The average Bonchev–Trinajstić information content (AvgIpc) is 3.86. The molecule has 15 heteroatoms. The number of benzene rings is 7. The van der Waals surface area contributed by atoms with Crippen molar-refractivity contribution in [3.05, 3.63) is 78.9 Å². The van der Waals surface area contributed by atoms with Crippen LogP contribution in [-0.4, -0.2) is 102 Å². The van der Waals surface area contributed by atoms with E-state index in [1.54, 1.807) is 0 Å². The van der Waals surface area contributed by atoms with Crippen LogP contribution in [-0.2, 0) is 0 Å². The number of hydrogen-bond acceptors (Lipinski definition) is 2. The van der Waals surface area contributed by atoms with Crippen molar-refractivity contribution in [2.24, 2.45) is 0 Å². The van der Waals surface area contributed by atoms with Crippen molar-refractivity contribution in [1.29, 1.82) is 0 Å². The molecule has 0 amide bonds. The maximum atomic E-state index is 6.62. The number of hydrogen-bond donors (Lipinski definition) is 0. The Morgan fingerprint density at radius 2 is 0.649 bits per heavy atom. The van der Waals surface area contributed by atoms with E-state index >= 15 is 0 Å². The minimum absolute atomic E-state index is 0.852. The number of fused-ring (bicyclic) bond motifs is 4. The summed E-state index contributed by atoms with van der Waals surface area (Å²) in [7, 11) is 30.3. The Morgan fingerprint density at radius 3 is 1.12 bits per heavy atom. The van der Waals surface area contributed by atoms with Crippen molar-refractivity contribution in [3.8, 4) is 44.9 Å². The average molecular weight is 716 g/mol. The second-order valence-electron chi connectivity index (χ2n) is 16.8. The van der Waals surface area contributed by atoms with Crippen molar-refractivity contribution in [2.45, 2.75) is 0 Å². The molecular weight excluding hydrogens is 677 g/mol. The Balaban J connectivity index is 1.35. The van der Waals surface area contributed by atoms with Gasteiger partial charge in [0.1, 0.15) is 125 Å². The topological polar surface area (TPSA) is 26.3 Å². The molecule has 57 heavy (non-hydrogen) atoms. The van der Waals surface area contributed by atoms with Gasteiger partial charge in [0, 0.05) is 21.9 Å². The molecule has 0 atom stereocenters. The second-order valence-corrected chi connectivity index (χ2v) is 16.8. The molecule has 0 aliphatic rings. The van der Waals surface area contributed by atoms with Gasteiger partial charge in [0.2, 0.25) is 0 Å². The van der Waals surface area contributed by atoms with E-state index in [2.05, 4.69) is 163 Å². The first-order valence-corrected chi connectivity index (χ1v) is 20.4. The normalized spacial score (nSPS) is 11.7. The molecule has 0 fully saturated rings. The predicted octanol–water partition coefficient (Wildman–Crippen LogP) is -10.5. The molecule has 0 aliphatic heterocycles. The van der Waals surface area contributed by atoms with Gasteiger partial charge in [0.15, 0.2) is 0 Å². The SMILES string of the molecule is Bc1c(B)c(B)c(-c2c3c(B)c(B)c(B)c(B)c3c(-c3ccc4oc(-c5ccc6oc(-c7ccccc7)cc6c5)cc4c3)c3c(B)c(B)c(B)c(B)c23)c(B)c1B. The lowest BCUT2D eigenvalue weighted by Gasteiger charge is -2.30. The van der Waals surface area contributed by atoms with E-state index in [1.807, 2.05) is 18.2 Å². The molecule has 2 nitrogen and oxygen atoms in total. The van der Waals surface area contributed by atoms with Crippen LogP contribution in [0.3, 0.4) is 0 Å². The van der Waals surface area contributed by atoms with E-state index in [4.69, 9.17) is 8.83 Å². The van der Waals surface area contributed by atoms with Crippen LogP contribution in [0, 0.1) is 0 Å². The van der Waals surface area contributed by atoms with Crippen LogP contribution in [0.2, 0.25) is 0 Å². The fourth-order valence-electron chi connectivity index (χ4n) is 9.82. The lowest BCUT2D eigenvalue weighted by Crippen LogP contribution is -2.55. The maximum absolute atomic E-state index is 6.62. The standard InChI is InChI=1S/C42H39B13O2/c43-30-25-23(16-7-9-20-18(11-16)13-22(57-20)15-6-8-19-17(10-15)12-21(56-19)14-4-2-1-3-5-14)26-28(33(46)39(52)37(50)31(26)44)24(27(25)32(45)38(51)36(30)49)29-34(47)40(53)42(55)41(54)35(29)48/h1-13H,43-55H2. The van der Waals surface area contributed by atoms with Gasteiger partial charge in [-0.3, -0.25) is 0 Å². The summed E-state index contributed by atoms with van der Waals surface area (Å²) in [5, 5.41) is 7.64. The van der Waals surface area contributed by atoms with Crippen molar-refractivity contribution in [1.82, 2.24) is 0 Å². The first-order chi connectivity index (χ1) is 27.2. The molecule has 258 valence electrons. The molecule has 2 heterocycles. The van der Waals surface area contributed by atoms with Crippen LogP contribution in [0.25, 0.3) is 88.4 Å². The van der Waals surface area contributed by atoms with Crippen LogP contribution in [0.4, 0.5) is 0 Å². The summed E-state index contributed by atoms with van der Waals surface area (Å²) in [6, 6.07) is 27.8. The van der Waals surface area contributed by atoms with Gasteiger partial charge < -0.3 is 8.83 Å². The highest BCUT2D eigenvalue weighted by molar-refractivity contribution is 6.73. The third-order valence-electron chi connectivity index (χ3n) is 14.3. The summed E-state index contributed by atoms with van der Waals surface area (Å²) in [4.78, 5) is 0. The zero-order valence-electron chi connectivity index (χ0n) is 35.8. The summed E-state index contributed by atoms with van der Waals surface area (Å²) >= 11 is 0. The smallest absolute Gasteiger partial charge is 0.139 e. The Morgan fingerprint density at radius 1 is 0.281 bits per heavy atom. The monoisotopic (exact) mass is 718 g/mol. The molecule has 0 saturated carbocycles. The molecule has 9 aromatic rings. The van der Waals surface area contributed by atoms with E-state index in [-0.39, 0.29) is 0 Å². The molecule has 2 aromatic heterocycles. The van der Waals surface area contributed by atoms with Gasteiger partial charge in [-0.2, -0.15) is 0 Å². The quantitative estimate of drug-likeness (QED) is 0.134. The van der Waals surface area contributed by atoms with Gasteiger partial charge in [-0.1, -0.05) is 69.2 Å². The first-order valence-electron chi connectivity index (χ1n) is 20.4. The zero-order valence-corrected chi connectivity index (χ0v) is 35.8. The van der Waals surface area contributed by atoms with Gasteiger partial charge in [-0.15, -0.1) is 38.2 Å². The fraction of sp³-hybridized carbons (Fsp3) is 0. The van der Waals surface area contributed by atoms with Crippen molar-refractivity contribution in [2.75, 3.05) is 0 Å². The highest BCUT2D eigenvalue weighted by Gasteiger charge is 2.27. The molecule has 0 spiro atoms. The third kappa shape index (κ3) is 5.51. The number of furan rings is 2. The van der Waals surface area contributed by atoms with Crippen LogP contribution < -0.4 is 71.0 Å². The van der Waals surface area contributed by atoms with Crippen LogP contribution in [0.5, 0.6) is 0 Å². The van der Waals surface area contributed by atoms with E-state index in [0.717, 1.165) is 44.6 Å². The highest BCUT2D eigenvalue weighted by Crippen LogP contribution is 2.41. The summed E-state index contributed by atoms with van der Waals surface area (Å²) in [6.45, 7) is 0. The van der Waals surface area contributed by atoms with E-state index in [9.17, 15) is 0 Å². The van der Waals surface area contributed by atoms with Crippen molar-refractivity contribution < 1.29 is 8.83 Å². The molecule has 0 radical (unpaired) electrons. The van der Waals surface area contributed by atoms with Crippen molar-refractivity contribution >= 4 is 217 Å². The van der Waals surface area contributed by atoms with Gasteiger partial charge in [0.25, 0.3) is 0 Å². The Hall–Kier alpha value is -5.02. The van der Waals surface area contributed by atoms with Gasteiger partial charge in [0.05, 0.1) is 0 Å². The van der Waals surface area contributed by atoms with Crippen LogP contribution in [0.1, 0.15) is 0 Å². The first kappa shape index (κ1) is 37.6. The molecule has 7 aromatic carbocycles. The zero-order chi connectivity index (χ0) is 40.3. The highest BCUT2D eigenvalue weighted by atomic mass is 16.3. The molecule has 0 unspecified atom stereocenters. The molecule has 0 saturated heterocycles. The van der Waals surface area contributed by atoms with Crippen LogP contribution >= 0.6 is 0 Å². The summed E-state index contributed by atoms with van der Waals surface area (Å²) in [5.41, 5.74) is 27.1. The predicted molar refractivity (Wildman–Crippen MR) is 289 cm³/mol. The maximum Gasteiger partial charge on any atom is 0.139 e. The largest absolute Gasteiger partial charge is 0.456 e. The second kappa shape index (κ2) is 13.5. The van der Waals surface area contributed by atoms with E-state index in [1.165, 1.54) is 115 Å². The molecule has 0 N–H and O–H groups in total. The Bertz CT molecular complexity index is 3110. The lowest BCUT2D eigenvalue weighted by molar-refractivity contribution is 0.629.